The van der Waals surface area contributed by atoms with Crippen LogP contribution in [0.2, 0.25) is 0 Å². The van der Waals surface area contributed by atoms with Gasteiger partial charge in [-0.05, 0) is 42.4 Å². The molecule has 3 unspecified atom stereocenters. The largest absolute Gasteiger partial charge is 0.419 e. The Balaban J connectivity index is 2.30. The number of halogens is 5. The van der Waals surface area contributed by atoms with Crippen molar-refractivity contribution in [3.63, 3.8) is 0 Å². The monoisotopic (exact) mass is 324 g/mol. The summed E-state index contributed by atoms with van der Waals surface area (Å²) in [5.74, 6) is -0.738. The zero-order valence-corrected chi connectivity index (χ0v) is 11.4. The summed E-state index contributed by atoms with van der Waals surface area (Å²) >= 11 is 3.53. The highest BCUT2D eigenvalue weighted by Gasteiger charge is 2.36. The van der Waals surface area contributed by atoms with E-state index in [9.17, 15) is 17.6 Å². The van der Waals surface area contributed by atoms with Gasteiger partial charge in [-0.25, -0.2) is 4.39 Å². The Morgan fingerprint density at radius 2 is 1.89 bits per heavy atom. The van der Waals surface area contributed by atoms with Crippen molar-refractivity contribution in [1.29, 1.82) is 0 Å². The van der Waals surface area contributed by atoms with E-state index in [0.29, 0.717) is 16.3 Å². The summed E-state index contributed by atoms with van der Waals surface area (Å²) in [6.07, 6.45) is -2.78. The van der Waals surface area contributed by atoms with Crippen LogP contribution in [0, 0.1) is 11.7 Å². The van der Waals surface area contributed by atoms with Crippen molar-refractivity contribution in [2.75, 3.05) is 0 Å². The van der Waals surface area contributed by atoms with Crippen LogP contribution in [0.5, 0.6) is 0 Å². The molecule has 0 amide bonds. The van der Waals surface area contributed by atoms with Crippen LogP contribution in [-0.4, -0.2) is 4.83 Å². The second-order valence-electron chi connectivity index (χ2n) is 4.80. The predicted octanol–water partition coefficient (Wildman–Crippen LogP) is 5.12. The molecule has 0 aliphatic heterocycles. The van der Waals surface area contributed by atoms with E-state index in [1.807, 2.05) is 6.92 Å². The molecule has 1 aromatic rings. The molecule has 1 aliphatic rings. The summed E-state index contributed by atoms with van der Waals surface area (Å²) in [5, 5.41) is 0. The van der Waals surface area contributed by atoms with Crippen LogP contribution in [0.4, 0.5) is 17.6 Å². The lowest BCUT2D eigenvalue weighted by molar-refractivity contribution is -0.140. The molecule has 0 nitrogen and oxygen atoms in total. The second-order valence-corrected chi connectivity index (χ2v) is 5.97. The van der Waals surface area contributed by atoms with Crippen molar-refractivity contribution in [3.05, 3.63) is 35.1 Å². The minimum absolute atomic E-state index is 0.131. The average molecular weight is 325 g/mol. The van der Waals surface area contributed by atoms with E-state index in [2.05, 4.69) is 15.9 Å². The molecule has 0 bridgehead atoms. The molecule has 0 N–H and O–H groups in total. The second kappa shape index (κ2) is 4.83. The van der Waals surface area contributed by atoms with Gasteiger partial charge in [-0.1, -0.05) is 28.9 Å². The van der Waals surface area contributed by atoms with Crippen LogP contribution in [0.25, 0.3) is 0 Å². The molecule has 1 aromatic carbocycles. The van der Waals surface area contributed by atoms with Crippen molar-refractivity contribution in [2.24, 2.45) is 5.92 Å². The smallest absolute Gasteiger partial charge is 0.206 e. The van der Waals surface area contributed by atoms with E-state index in [1.165, 1.54) is 6.07 Å². The van der Waals surface area contributed by atoms with E-state index in [0.717, 1.165) is 25.0 Å². The van der Waals surface area contributed by atoms with Gasteiger partial charge in [0.2, 0.25) is 0 Å². The van der Waals surface area contributed by atoms with Gasteiger partial charge in [0, 0.05) is 4.83 Å². The van der Waals surface area contributed by atoms with Gasteiger partial charge in [-0.15, -0.1) is 0 Å². The molecule has 5 heteroatoms. The lowest BCUT2D eigenvalue weighted by Gasteiger charge is -2.18. The van der Waals surface area contributed by atoms with Crippen molar-refractivity contribution in [1.82, 2.24) is 0 Å². The Hall–Kier alpha value is -0.580. The van der Waals surface area contributed by atoms with E-state index >= 15 is 0 Å². The summed E-state index contributed by atoms with van der Waals surface area (Å²) in [6, 6.07) is 3.28. The lowest BCUT2D eigenvalue weighted by Crippen LogP contribution is -2.12. The van der Waals surface area contributed by atoms with Gasteiger partial charge >= 0.3 is 6.18 Å². The minimum atomic E-state index is -4.62. The highest BCUT2D eigenvalue weighted by Crippen LogP contribution is 2.43. The quantitative estimate of drug-likeness (QED) is 0.496. The van der Waals surface area contributed by atoms with E-state index in [4.69, 9.17) is 0 Å². The highest BCUT2D eigenvalue weighted by molar-refractivity contribution is 9.09. The first-order valence-electron chi connectivity index (χ1n) is 5.81. The van der Waals surface area contributed by atoms with Gasteiger partial charge in [0.1, 0.15) is 5.82 Å². The van der Waals surface area contributed by atoms with Crippen molar-refractivity contribution < 1.29 is 17.6 Å². The highest BCUT2D eigenvalue weighted by atomic mass is 79.9. The summed E-state index contributed by atoms with van der Waals surface area (Å²) < 4.78 is 50.8. The lowest BCUT2D eigenvalue weighted by atomic mass is 9.89. The molecule has 0 saturated heterocycles. The Bertz CT molecular complexity index is 441. The molecule has 1 aliphatic carbocycles. The molecule has 0 spiro atoms. The maximum absolute atomic E-state index is 13.5. The van der Waals surface area contributed by atoms with Gasteiger partial charge < -0.3 is 0 Å². The molecule has 0 heterocycles. The fraction of sp³-hybridized carbons (Fsp3) is 0.538. The van der Waals surface area contributed by atoms with E-state index in [1.54, 1.807) is 0 Å². The maximum Gasteiger partial charge on any atom is 0.419 e. The first kappa shape index (κ1) is 13.8. The number of benzene rings is 1. The zero-order chi connectivity index (χ0) is 13.5. The molecule has 0 radical (unpaired) electrons. The van der Waals surface area contributed by atoms with Gasteiger partial charge in [0.25, 0.3) is 0 Å². The van der Waals surface area contributed by atoms with Gasteiger partial charge in [-0.2, -0.15) is 13.2 Å². The van der Waals surface area contributed by atoms with Crippen LogP contribution in [0.15, 0.2) is 18.2 Å². The SMILES string of the molecule is CC1C(Br)CCC1c1ccc(C(F)(F)F)c(F)c1. The summed E-state index contributed by atoms with van der Waals surface area (Å²) in [5.41, 5.74) is -0.526. The van der Waals surface area contributed by atoms with Crippen LogP contribution < -0.4 is 0 Å². The Kier molecular flexibility index (Phi) is 3.72. The first-order valence-corrected chi connectivity index (χ1v) is 6.73. The third-order valence-corrected chi connectivity index (χ3v) is 4.98. The first-order chi connectivity index (χ1) is 8.30. The van der Waals surface area contributed by atoms with Crippen LogP contribution in [-0.2, 0) is 6.18 Å². The minimum Gasteiger partial charge on any atom is -0.206 e. The topological polar surface area (TPSA) is 0 Å². The van der Waals surface area contributed by atoms with Crippen LogP contribution >= 0.6 is 15.9 Å². The molecular weight excluding hydrogens is 312 g/mol. The molecule has 1 fully saturated rings. The Morgan fingerprint density at radius 3 is 2.33 bits per heavy atom. The Morgan fingerprint density at radius 1 is 1.22 bits per heavy atom. The average Bonchev–Trinajstić information content (AvgIpc) is 2.58. The molecule has 18 heavy (non-hydrogen) atoms. The molecular formula is C13H13BrF4. The summed E-state index contributed by atoms with van der Waals surface area (Å²) in [7, 11) is 0. The third kappa shape index (κ3) is 2.56. The van der Waals surface area contributed by atoms with E-state index in [-0.39, 0.29) is 5.92 Å². The van der Waals surface area contributed by atoms with Crippen molar-refractivity contribution >= 4 is 15.9 Å². The van der Waals surface area contributed by atoms with Crippen LogP contribution in [0.3, 0.4) is 0 Å². The van der Waals surface area contributed by atoms with E-state index < -0.39 is 17.6 Å². The molecule has 1 saturated carbocycles. The number of rotatable bonds is 1. The number of hydrogen-bond donors (Lipinski definition) is 0. The van der Waals surface area contributed by atoms with Crippen LogP contribution in [0.1, 0.15) is 36.8 Å². The fourth-order valence-electron chi connectivity index (χ4n) is 2.58. The fourth-order valence-corrected chi connectivity index (χ4v) is 3.21. The van der Waals surface area contributed by atoms with Gasteiger partial charge in [0.15, 0.2) is 0 Å². The number of alkyl halides is 4. The zero-order valence-electron chi connectivity index (χ0n) is 9.77. The normalized spacial score (nSPS) is 28.7. The maximum atomic E-state index is 13.5. The molecule has 3 atom stereocenters. The molecule has 0 aromatic heterocycles. The predicted molar refractivity (Wildman–Crippen MR) is 65.3 cm³/mol. The Labute approximate surface area is 112 Å². The van der Waals surface area contributed by atoms with Crippen molar-refractivity contribution in [2.45, 2.75) is 36.7 Å². The van der Waals surface area contributed by atoms with Gasteiger partial charge in [0.05, 0.1) is 5.56 Å². The summed E-state index contributed by atoms with van der Waals surface area (Å²) in [6.45, 7) is 2.03. The standard InChI is InChI=1S/C13H13BrF4/c1-7-9(3-5-11(7)14)8-2-4-10(12(15)6-8)13(16,17)18/h2,4,6-7,9,11H,3,5H2,1H3. The number of hydrogen-bond acceptors (Lipinski definition) is 0. The summed E-state index contributed by atoms with van der Waals surface area (Å²) in [4.78, 5) is 0.354. The van der Waals surface area contributed by atoms with Crippen molar-refractivity contribution in [3.8, 4) is 0 Å². The molecule has 2 rings (SSSR count). The van der Waals surface area contributed by atoms with Gasteiger partial charge in [-0.3, -0.25) is 0 Å². The molecule has 100 valence electrons. The third-order valence-electron chi connectivity index (χ3n) is 3.69.